The van der Waals surface area contributed by atoms with Gasteiger partial charge in [0.2, 0.25) is 5.91 Å². The number of carbonyl (C=O) groups excluding carboxylic acids is 1. The molecule has 134 valence electrons. The molecule has 1 aliphatic heterocycles. The summed E-state index contributed by atoms with van der Waals surface area (Å²) in [6.45, 7) is 1.91. The number of amides is 1. The van der Waals surface area contributed by atoms with Crippen LogP contribution in [0.15, 0.2) is 60.8 Å². The van der Waals surface area contributed by atoms with Gasteiger partial charge in [0.25, 0.3) is 0 Å². The van der Waals surface area contributed by atoms with Crippen LogP contribution >= 0.6 is 0 Å². The minimum Gasteiger partial charge on any atom is -0.370 e. The maximum absolute atomic E-state index is 12.8. The first-order valence-electron chi connectivity index (χ1n) is 9.19. The second-order valence-corrected chi connectivity index (χ2v) is 6.89. The molecule has 1 aromatic heterocycles. The highest BCUT2D eigenvalue weighted by Crippen LogP contribution is 2.24. The fourth-order valence-corrected chi connectivity index (χ4v) is 3.77. The number of morpholine rings is 1. The van der Waals surface area contributed by atoms with E-state index in [9.17, 15) is 4.79 Å². The van der Waals surface area contributed by atoms with Crippen LogP contribution in [0.3, 0.4) is 0 Å². The number of para-hydroxylation sites is 1. The molecule has 2 heterocycles. The standard InChI is InChI=1S/C22H24N2O2/c1-23-15-18(19-9-5-6-10-20(19)23)11-12-22(25)24-13-14-26-21(16-24)17-7-3-2-4-8-17/h2-10,15,21H,11-14,16H2,1H3. The molecule has 0 bridgehead atoms. The van der Waals surface area contributed by atoms with Crippen LogP contribution in [-0.4, -0.2) is 35.1 Å². The Morgan fingerprint density at radius 3 is 2.73 bits per heavy atom. The third-order valence-electron chi connectivity index (χ3n) is 5.18. The molecule has 4 heteroatoms. The number of aryl methyl sites for hydroxylation is 2. The zero-order valence-corrected chi connectivity index (χ0v) is 15.1. The van der Waals surface area contributed by atoms with Gasteiger partial charge in [-0.2, -0.15) is 0 Å². The largest absolute Gasteiger partial charge is 0.370 e. The van der Waals surface area contributed by atoms with Crippen LogP contribution in [0.2, 0.25) is 0 Å². The lowest BCUT2D eigenvalue weighted by atomic mass is 10.1. The summed E-state index contributed by atoms with van der Waals surface area (Å²) in [5.41, 5.74) is 3.59. The van der Waals surface area contributed by atoms with Crippen molar-refractivity contribution in [3.63, 3.8) is 0 Å². The monoisotopic (exact) mass is 348 g/mol. The number of aromatic nitrogens is 1. The van der Waals surface area contributed by atoms with Crippen molar-refractivity contribution in [2.45, 2.75) is 18.9 Å². The van der Waals surface area contributed by atoms with Crippen molar-refractivity contribution in [3.05, 3.63) is 71.9 Å². The van der Waals surface area contributed by atoms with E-state index in [0.29, 0.717) is 26.1 Å². The van der Waals surface area contributed by atoms with E-state index in [1.807, 2.05) is 23.1 Å². The predicted molar refractivity (Wildman–Crippen MR) is 103 cm³/mol. The molecule has 0 N–H and O–H groups in total. The SMILES string of the molecule is Cn1cc(CCC(=O)N2CCOC(c3ccccc3)C2)c2ccccc21. The number of nitrogens with zero attached hydrogens (tertiary/aromatic N) is 2. The van der Waals surface area contributed by atoms with Crippen LogP contribution in [0.5, 0.6) is 0 Å². The zero-order chi connectivity index (χ0) is 17.9. The van der Waals surface area contributed by atoms with Gasteiger partial charge in [-0.1, -0.05) is 48.5 Å². The lowest BCUT2D eigenvalue weighted by molar-refractivity contribution is -0.139. The summed E-state index contributed by atoms with van der Waals surface area (Å²) < 4.78 is 8.01. The third-order valence-corrected chi connectivity index (χ3v) is 5.18. The van der Waals surface area contributed by atoms with Crippen molar-refractivity contribution in [3.8, 4) is 0 Å². The molecular weight excluding hydrogens is 324 g/mol. The molecule has 1 unspecified atom stereocenters. The molecule has 2 aromatic carbocycles. The van der Waals surface area contributed by atoms with Crippen LogP contribution in [0, 0.1) is 0 Å². The Morgan fingerprint density at radius 1 is 1.12 bits per heavy atom. The van der Waals surface area contributed by atoms with Gasteiger partial charge in [-0.3, -0.25) is 4.79 Å². The molecule has 1 saturated heterocycles. The van der Waals surface area contributed by atoms with Gasteiger partial charge in [-0.15, -0.1) is 0 Å². The normalized spacial score (nSPS) is 17.6. The van der Waals surface area contributed by atoms with Gasteiger partial charge in [0.05, 0.1) is 13.2 Å². The molecule has 0 aliphatic carbocycles. The molecule has 26 heavy (non-hydrogen) atoms. The zero-order valence-electron chi connectivity index (χ0n) is 15.1. The summed E-state index contributed by atoms with van der Waals surface area (Å²) in [7, 11) is 2.06. The van der Waals surface area contributed by atoms with Crippen LogP contribution in [0.25, 0.3) is 10.9 Å². The summed E-state index contributed by atoms with van der Waals surface area (Å²) in [4.78, 5) is 14.7. The minimum absolute atomic E-state index is 0.0218. The van der Waals surface area contributed by atoms with E-state index < -0.39 is 0 Å². The average Bonchev–Trinajstić information content (AvgIpc) is 3.03. The number of benzene rings is 2. The Balaban J connectivity index is 1.41. The van der Waals surface area contributed by atoms with Crippen molar-refractivity contribution >= 4 is 16.8 Å². The Hall–Kier alpha value is -2.59. The van der Waals surface area contributed by atoms with E-state index in [4.69, 9.17) is 4.74 Å². The van der Waals surface area contributed by atoms with Gasteiger partial charge in [-0.05, 0) is 23.6 Å². The highest BCUT2D eigenvalue weighted by atomic mass is 16.5. The van der Waals surface area contributed by atoms with E-state index >= 15 is 0 Å². The van der Waals surface area contributed by atoms with Gasteiger partial charge in [0.1, 0.15) is 6.10 Å². The molecule has 4 rings (SSSR count). The number of hydrogen-bond donors (Lipinski definition) is 0. The summed E-state index contributed by atoms with van der Waals surface area (Å²) in [5, 5.41) is 1.24. The first-order chi connectivity index (χ1) is 12.7. The molecule has 0 saturated carbocycles. The fourth-order valence-electron chi connectivity index (χ4n) is 3.77. The highest BCUT2D eigenvalue weighted by Gasteiger charge is 2.25. The second-order valence-electron chi connectivity index (χ2n) is 6.89. The number of fused-ring (bicyclic) bond motifs is 1. The lowest BCUT2D eigenvalue weighted by Crippen LogP contribution is -2.42. The quantitative estimate of drug-likeness (QED) is 0.720. The van der Waals surface area contributed by atoms with Crippen LogP contribution in [0.1, 0.15) is 23.7 Å². The van der Waals surface area contributed by atoms with Crippen molar-refractivity contribution < 1.29 is 9.53 Å². The van der Waals surface area contributed by atoms with E-state index in [2.05, 4.69) is 54.2 Å². The molecule has 1 fully saturated rings. The molecule has 3 aromatic rings. The van der Waals surface area contributed by atoms with E-state index in [1.165, 1.54) is 16.5 Å². The molecule has 0 spiro atoms. The maximum atomic E-state index is 12.8. The first kappa shape index (κ1) is 16.9. The van der Waals surface area contributed by atoms with Gasteiger partial charge in [0.15, 0.2) is 0 Å². The Morgan fingerprint density at radius 2 is 1.88 bits per heavy atom. The van der Waals surface area contributed by atoms with Crippen molar-refractivity contribution in [2.75, 3.05) is 19.7 Å². The first-order valence-corrected chi connectivity index (χ1v) is 9.19. The van der Waals surface area contributed by atoms with Crippen molar-refractivity contribution in [1.29, 1.82) is 0 Å². The summed E-state index contributed by atoms with van der Waals surface area (Å²) >= 11 is 0. The number of rotatable bonds is 4. The highest BCUT2D eigenvalue weighted by molar-refractivity contribution is 5.85. The lowest BCUT2D eigenvalue weighted by Gasteiger charge is -2.33. The van der Waals surface area contributed by atoms with Gasteiger partial charge >= 0.3 is 0 Å². The number of hydrogen-bond acceptors (Lipinski definition) is 2. The van der Waals surface area contributed by atoms with Gasteiger partial charge < -0.3 is 14.2 Å². The fraction of sp³-hybridized carbons (Fsp3) is 0.318. The Labute approximate surface area is 154 Å². The summed E-state index contributed by atoms with van der Waals surface area (Å²) in [5.74, 6) is 0.210. The van der Waals surface area contributed by atoms with E-state index in [-0.39, 0.29) is 12.0 Å². The maximum Gasteiger partial charge on any atom is 0.223 e. The van der Waals surface area contributed by atoms with Crippen molar-refractivity contribution in [1.82, 2.24) is 9.47 Å². The van der Waals surface area contributed by atoms with Gasteiger partial charge in [-0.25, -0.2) is 0 Å². The average molecular weight is 348 g/mol. The molecular formula is C22H24N2O2. The summed E-state index contributed by atoms with van der Waals surface area (Å²) in [6.07, 6.45) is 3.43. The third kappa shape index (κ3) is 3.37. The van der Waals surface area contributed by atoms with E-state index in [0.717, 1.165) is 12.0 Å². The molecule has 1 aliphatic rings. The van der Waals surface area contributed by atoms with Crippen molar-refractivity contribution in [2.24, 2.45) is 7.05 Å². The molecule has 0 radical (unpaired) electrons. The smallest absolute Gasteiger partial charge is 0.223 e. The molecule has 1 amide bonds. The predicted octanol–water partition coefficient (Wildman–Crippen LogP) is 3.71. The molecule has 1 atom stereocenters. The minimum atomic E-state index is -0.0218. The van der Waals surface area contributed by atoms with Gasteiger partial charge in [0, 0.05) is 37.1 Å². The van der Waals surface area contributed by atoms with Crippen LogP contribution in [0.4, 0.5) is 0 Å². The Kier molecular flexibility index (Phi) is 4.76. The second kappa shape index (κ2) is 7.34. The topological polar surface area (TPSA) is 34.5 Å². The van der Waals surface area contributed by atoms with E-state index in [1.54, 1.807) is 0 Å². The Bertz CT molecular complexity index is 901. The summed E-state index contributed by atoms with van der Waals surface area (Å²) in [6, 6.07) is 18.5. The molecule has 4 nitrogen and oxygen atoms in total. The van der Waals surface area contributed by atoms with Crippen LogP contribution < -0.4 is 0 Å². The van der Waals surface area contributed by atoms with Crippen LogP contribution in [-0.2, 0) is 23.0 Å². The number of ether oxygens (including phenoxy) is 1. The number of carbonyl (C=O) groups is 1.